The van der Waals surface area contributed by atoms with Gasteiger partial charge in [-0.1, -0.05) is 0 Å². The zero-order valence-corrected chi connectivity index (χ0v) is 13.1. The minimum absolute atomic E-state index is 0.0298. The molecule has 9 heteroatoms. The van der Waals surface area contributed by atoms with Gasteiger partial charge in [0.15, 0.2) is 0 Å². The predicted octanol–water partition coefficient (Wildman–Crippen LogP) is 2.43. The van der Waals surface area contributed by atoms with Crippen LogP contribution in [-0.4, -0.2) is 39.9 Å². The zero-order valence-electron chi connectivity index (χ0n) is 11.5. The molecule has 1 saturated heterocycles. The number of hydrogen-bond donors (Lipinski definition) is 1. The van der Waals surface area contributed by atoms with Crippen molar-refractivity contribution in [3.8, 4) is 0 Å². The molecule has 1 aromatic rings. The molecule has 1 N–H and O–H groups in total. The van der Waals surface area contributed by atoms with Gasteiger partial charge < -0.3 is 10.0 Å². The van der Waals surface area contributed by atoms with E-state index in [4.69, 9.17) is 5.11 Å². The number of benzene rings is 1. The first kappa shape index (κ1) is 16.3. The number of likely N-dealkylation sites (tertiary alicyclic amines) is 1. The van der Waals surface area contributed by atoms with Gasteiger partial charge in [-0.3, -0.25) is 19.7 Å². The summed E-state index contributed by atoms with van der Waals surface area (Å²) in [5.74, 6) is -2.56. The fourth-order valence-corrected chi connectivity index (χ4v) is 2.89. The molecule has 7 nitrogen and oxygen atoms in total. The Morgan fingerprint density at radius 3 is 2.64 bits per heavy atom. The number of nitro groups is 1. The molecule has 0 aromatic heterocycles. The van der Waals surface area contributed by atoms with Gasteiger partial charge in [0.2, 0.25) is 0 Å². The highest BCUT2D eigenvalue weighted by molar-refractivity contribution is 9.10. The standard InChI is InChI=1S/C13H12BrFN2O5/c1-13(12(19)20)2-3-16(6-13)11(18)8-4-7(15)5-9(10(8)14)17(21)22/h4-5H,2-3,6H2,1H3,(H,19,20). The Morgan fingerprint density at radius 1 is 1.50 bits per heavy atom. The summed E-state index contributed by atoms with van der Waals surface area (Å²) in [5, 5.41) is 20.0. The van der Waals surface area contributed by atoms with E-state index < -0.39 is 33.7 Å². The molecule has 1 unspecified atom stereocenters. The number of nitrogens with zero attached hydrogens (tertiary/aromatic N) is 2. The van der Waals surface area contributed by atoms with Crippen LogP contribution < -0.4 is 0 Å². The second kappa shape index (κ2) is 5.64. The Balaban J connectivity index is 2.36. The minimum atomic E-state index is -1.07. The van der Waals surface area contributed by atoms with E-state index in [1.807, 2.05) is 0 Å². The third kappa shape index (κ3) is 2.80. The summed E-state index contributed by atoms with van der Waals surface area (Å²) < 4.78 is 13.4. The van der Waals surface area contributed by atoms with Crippen molar-refractivity contribution in [3.05, 3.63) is 38.1 Å². The van der Waals surface area contributed by atoms with Crippen LogP contribution in [0.15, 0.2) is 16.6 Å². The molecule has 0 spiro atoms. The quantitative estimate of drug-likeness (QED) is 0.646. The molecular formula is C13H12BrFN2O5. The van der Waals surface area contributed by atoms with E-state index in [9.17, 15) is 24.1 Å². The van der Waals surface area contributed by atoms with Gasteiger partial charge in [-0.2, -0.15) is 0 Å². The summed E-state index contributed by atoms with van der Waals surface area (Å²) in [5.41, 5.74) is -1.81. The van der Waals surface area contributed by atoms with Crippen molar-refractivity contribution in [3.63, 3.8) is 0 Å². The van der Waals surface area contributed by atoms with E-state index in [0.29, 0.717) is 6.07 Å². The monoisotopic (exact) mass is 374 g/mol. The Kier molecular flexibility index (Phi) is 4.19. The predicted molar refractivity (Wildman–Crippen MR) is 77.0 cm³/mol. The molecule has 1 aromatic carbocycles. The summed E-state index contributed by atoms with van der Waals surface area (Å²) in [6.45, 7) is 1.68. The smallest absolute Gasteiger partial charge is 0.311 e. The molecule has 1 fully saturated rings. The minimum Gasteiger partial charge on any atom is -0.481 e. The maximum atomic E-state index is 13.5. The summed E-state index contributed by atoms with van der Waals surface area (Å²) in [4.78, 5) is 34.9. The lowest BCUT2D eigenvalue weighted by atomic mass is 9.90. The molecular weight excluding hydrogens is 363 g/mol. The third-order valence-corrected chi connectivity index (χ3v) is 4.56. The molecule has 118 valence electrons. The van der Waals surface area contributed by atoms with Crippen LogP contribution in [0.2, 0.25) is 0 Å². The van der Waals surface area contributed by atoms with Gasteiger partial charge in [0.1, 0.15) is 10.3 Å². The normalized spacial score (nSPS) is 21.0. The first-order chi connectivity index (χ1) is 10.2. The van der Waals surface area contributed by atoms with Crippen LogP contribution in [0.25, 0.3) is 0 Å². The van der Waals surface area contributed by atoms with Gasteiger partial charge in [-0.05, 0) is 35.3 Å². The molecule has 1 heterocycles. The van der Waals surface area contributed by atoms with E-state index in [-0.39, 0.29) is 29.5 Å². The van der Waals surface area contributed by atoms with Crippen LogP contribution in [0.5, 0.6) is 0 Å². The molecule has 2 rings (SSSR count). The highest BCUT2D eigenvalue weighted by atomic mass is 79.9. The van der Waals surface area contributed by atoms with Gasteiger partial charge in [-0.25, -0.2) is 4.39 Å². The van der Waals surface area contributed by atoms with Crippen molar-refractivity contribution in [1.29, 1.82) is 0 Å². The van der Waals surface area contributed by atoms with Crippen molar-refractivity contribution in [1.82, 2.24) is 4.90 Å². The number of hydrogen-bond acceptors (Lipinski definition) is 4. The van der Waals surface area contributed by atoms with Gasteiger partial charge in [0.05, 0.1) is 22.0 Å². The second-order valence-corrected chi connectivity index (χ2v) is 6.18. The lowest BCUT2D eigenvalue weighted by molar-refractivity contribution is -0.385. The number of nitro benzene ring substituents is 1. The number of carboxylic acid groups (broad SMARTS) is 1. The lowest BCUT2D eigenvalue weighted by Crippen LogP contribution is -2.35. The van der Waals surface area contributed by atoms with Crippen LogP contribution in [0.3, 0.4) is 0 Å². The zero-order chi connectivity index (χ0) is 16.7. The maximum absolute atomic E-state index is 13.5. The first-order valence-corrected chi connectivity index (χ1v) is 7.11. The van der Waals surface area contributed by atoms with E-state index in [2.05, 4.69) is 15.9 Å². The van der Waals surface area contributed by atoms with Gasteiger partial charge in [-0.15, -0.1) is 0 Å². The molecule has 1 amide bonds. The average molecular weight is 375 g/mol. The number of amides is 1. The lowest BCUT2D eigenvalue weighted by Gasteiger charge is -2.20. The van der Waals surface area contributed by atoms with Crippen molar-refractivity contribution in [2.24, 2.45) is 5.41 Å². The molecule has 0 radical (unpaired) electrons. The number of carbonyl (C=O) groups excluding carboxylic acids is 1. The SMILES string of the molecule is CC1(C(=O)O)CCN(C(=O)c2cc(F)cc([N+](=O)[O-])c2Br)C1. The number of rotatable bonds is 3. The fourth-order valence-electron chi connectivity index (χ4n) is 2.34. The van der Waals surface area contributed by atoms with Crippen molar-refractivity contribution in [2.45, 2.75) is 13.3 Å². The molecule has 1 aliphatic rings. The van der Waals surface area contributed by atoms with Crippen molar-refractivity contribution >= 4 is 33.5 Å². The summed E-state index contributed by atoms with van der Waals surface area (Å²) in [7, 11) is 0. The molecule has 0 bridgehead atoms. The molecule has 22 heavy (non-hydrogen) atoms. The first-order valence-electron chi connectivity index (χ1n) is 6.32. The molecule has 0 saturated carbocycles. The molecule has 1 atom stereocenters. The Bertz CT molecular complexity index is 681. The Labute approximate surface area is 133 Å². The maximum Gasteiger partial charge on any atom is 0.311 e. The molecule has 0 aliphatic carbocycles. The van der Waals surface area contributed by atoms with Crippen LogP contribution in [0, 0.1) is 21.3 Å². The topological polar surface area (TPSA) is 101 Å². The summed E-state index contributed by atoms with van der Waals surface area (Å²) in [6.07, 6.45) is 0.267. The van der Waals surface area contributed by atoms with Crippen LogP contribution in [-0.2, 0) is 4.79 Å². The van der Waals surface area contributed by atoms with Gasteiger partial charge in [0, 0.05) is 13.1 Å². The van der Waals surface area contributed by atoms with Crippen molar-refractivity contribution < 1.29 is 24.0 Å². The van der Waals surface area contributed by atoms with E-state index in [1.54, 1.807) is 0 Å². The number of halogens is 2. The fraction of sp³-hybridized carbons (Fsp3) is 0.385. The average Bonchev–Trinajstić information content (AvgIpc) is 2.84. The highest BCUT2D eigenvalue weighted by Crippen LogP contribution is 2.34. The van der Waals surface area contributed by atoms with Crippen molar-refractivity contribution in [2.75, 3.05) is 13.1 Å². The number of aliphatic carboxylic acids is 1. The largest absolute Gasteiger partial charge is 0.481 e. The van der Waals surface area contributed by atoms with E-state index in [0.717, 1.165) is 6.07 Å². The van der Waals surface area contributed by atoms with Crippen LogP contribution in [0.1, 0.15) is 23.7 Å². The van der Waals surface area contributed by atoms with Crippen LogP contribution in [0.4, 0.5) is 10.1 Å². The Hall–Kier alpha value is -2.03. The highest BCUT2D eigenvalue weighted by Gasteiger charge is 2.42. The summed E-state index contributed by atoms with van der Waals surface area (Å²) >= 11 is 2.95. The number of carbonyl (C=O) groups is 2. The van der Waals surface area contributed by atoms with Crippen LogP contribution >= 0.6 is 15.9 Å². The summed E-state index contributed by atoms with van der Waals surface area (Å²) in [6, 6.07) is 1.61. The van der Waals surface area contributed by atoms with E-state index >= 15 is 0 Å². The van der Waals surface area contributed by atoms with E-state index in [1.165, 1.54) is 11.8 Å². The van der Waals surface area contributed by atoms with Gasteiger partial charge in [0.25, 0.3) is 11.6 Å². The third-order valence-electron chi connectivity index (χ3n) is 3.72. The molecule has 1 aliphatic heterocycles. The van der Waals surface area contributed by atoms with Gasteiger partial charge >= 0.3 is 5.97 Å². The number of carboxylic acids is 1. The second-order valence-electron chi connectivity index (χ2n) is 5.39. The Morgan fingerprint density at radius 2 is 2.14 bits per heavy atom.